The average Bonchev–Trinajstić information content (AvgIpc) is 2.42. The number of piperidine rings is 1. The van der Waals surface area contributed by atoms with E-state index in [4.69, 9.17) is 0 Å². The van der Waals surface area contributed by atoms with Crippen LogP contribution in [-0.2, 0) is 0 Å². The number of aliphatic hydroxyl groups excluding tert-OH is 1. The van der Waals surface area contributed by atoms with Gasteiger partial charge in [-0.1, -0.05) is 27.7 Å². The zero-order valence-corrected chi connectivity index (χ0v) is 13.4. The Morgan fingerprint density at radius 2 is 2.00 bits per heavy atom. The van der Waals surface area contributed by atoms with Crippen molar-refractivity contribution < 1.29 is 5.11 Å². The third kappa shape index (κ3) is 5.05. The van der Waals surface area contributed by atoms with Crippen LogP contribution in [0, 0.1) is 11.8 Å². The Bertz CT molecular complexity index is 241. The van der Waals surface area contributed by atoms with Crippen molar-refractivity contribution in [2.45, 2.75) is 58.9 Å². The third-order valence-electron chi connectivity index (χ3n) is 5.08. The van der Waals surface area contributed by atoms with Crippen LogP contribution in [0.1, 0.15) is 53.4 Å². The Morgan fingerprint density at radius 1 is 1.26 bits per heavy atom. The third-order valence-corrected chi connectivity index (χ3v) is 5.08. The lowest BCUT2D eigenvalue weighted by molar-refractivity contribution is 0.117. The highest BCUT2D eigenvalue weighted by molar-refractivity contribution is 4.86. The van der Waals surface area contributed by atoms with Gasteiger partial charge in [0.2, 0.25) is 0 Å². The highest BCUT2D eigenvalue weighted by Gasteiger charge is 2.27. The van der Waals surface area contributed by atoms with Crippen LogP contribution >= 0.6 is 0 Å². The van der Waals surface area contributed by atoms with Crippen molar-refractivity contribution in [3.8, 4) is 0 Å². The number of likely N-dealkylation sites (N-methyl/N-ethyl adjacent to an activating group) is 1. The first-order chi connectivity index (χ1) is 9.06. The molecule has 1 saturated heterocycles. The topological polar surface area (TPSA) is 35.5 Å². The number of nitrogens with zero attached hydrogens (tertiary/aromatic N) is 1. The number of hydrogen-bond acceptors (Lipinski definition) is 3. The first kappa shape index (κ1) is 16.9. The summed E-state index contributed by atoms with van der Waals surface area (Å²) in [5, 5.41) is 13.1. The van der Waals surface area contributed by atoms with Crippen LogP contribution in [-0.4, -0.2) is 48.3 Å². The van der Waals surface area contributed by atoms with Gasteiger partial charge in [-0.3, -0.25) is 0 Å². The van der Waals surface area contributed by atoms with E-state index < -0.39 is 0 Å². The molecule has 0 bridgehead atoms. The SMILES string of the molecule is CCNC(CC)(CO)CCCN1CCC(C)C(C)C1. The summed E-state index contributed by atoms with van der Waals surface area (Å²) in [5.74, 6) is 1.71. The molecule has 3 nitrogen and oxygen atoms in total. The molecule has 1 aliphatic rings. The predicted molar refractivity (Wildman–Crippen MR) is 82.4 cm³/mol. The molecule has 0 aromatic carbocycles. The molecule has 0 saturated carbocycles. The summed E-state index contributed by atoms with van der Waals surface area (Å²) in [4.78, 5) is 2.61. The first-order valence-corrected chi connectivity index (χ1v) is 8.15. The molecule has 0 aliphatic carbocycles. The number of aliphatic hydroxyl groups is 1. The second kappa shape index (κ2) is 8.23. The molecule has 0 radical (unpaired) electrons. The molecule has 0 aromatic heterocycles. The fourth-order valence-electron chi connectivity index (χ4n) is 3.21. The van der Waals surface area contributed by atoms with Crippen molar-refractivity contribution in [2.75, 3.05) is 32.8 Å². The predicted octanol–water partition coefficient (Wildman–Crippen LogP) is 2.50. The van der Waals surface area contributed by atoms with Crippen LogP contribution in [0.5, 0.6) is 0 Å². The van der Waals surface area contributed by atoms with E-state index in [9.17, 15) is 5.11 Å². The van der Waals surface area contributed by atoms with E-state index in [2.05, 4.69) is 37.9 Å². The smallest absolute Gasteiger partial charge is 0.0613 e. The number of rotatable bonds is 8. The molecule has 3 unspecified atom stereocenters. The minimum absolute atomic E-state index is 0.0521. The van der Waals surface area contributed by atoms with Crippen LogP contribution < -0.4 is 5.32 Å². The van der Waals surface area contributed by atoms with Gasteiger partial charge in [0.05, 0.1) is 6.61 Å². The standard InChI is InChI=1S/C16H34N2O/c1-5-16(13-19,17-6-2)9-7-10-18-11-8-14(3)15(4)12-18/h14-15,17,19H,5-13H2,1-4H3. The van der Waals surface area contributed by atoms with E-state index in [1.54, 1.807) is 0 Å². The lowest BCUT2D eigenvalue weighted by Gasteiger charge is -2.37. The van der Waals surface area contributed by atoms with Crippen molar-refractivity contribution in [3.05, 3.63) is 0 Å². The Kier molecular flexibility index (Phi) is 7.33. The second-order valence-electron chi connectivity index (χ2n) is 6.47. The molecule has 2 N–H and O–H groups in total. The zero-order chi connectivity index (χ0) is 14.3. The summed E-state index contributed by atoms with van der Waals surface area (Å²) >= 11 is 0. The largest absolute Gasteiger partial charge is 0.394 e. The maximum atomic E-state index is 9.65. The molecule has 0 amide bonds. The summed E-state index contributed by atoms with van der Waals surface area (Å²) in [7, 11) is 0. The summed E-state index contributed by atoms with van der Waals surface area (Å²) in [6.07, 6.45) is 4.61. The Hall–Kier alpha value is -0.120. The van der Waals surface area contributed by atoms with Crippen molar-refractivity contribution in [1.29, 1.82) is 0 Å². The van der Waals surface area contributed by atoms with Gasteiger partial charge >= 0.3 is 0 Å². The van der Waals surface area contributed by atoms with Crippen LogP contribution in [0.3, 0.4) is 0 Å². The Morgan fingerprint density at radius 3 is 2.53 bits per heavy atom. The van der Waals surface area contributed by atoms with Crippen molar-refractivity contribution in [3.63, 3.8) is 0 Å². The highest BCUT2D eigenvalue weighted by atomic mass is 16.3. The maximum Gasteiger partial charge on any atom is 0.0613 e. The highest BCUT2D eigenvalue weighted by Crippen LogP contribution is 2.23. The average molecular weight is 270 g/mol. The van der Waals surface area contributed by atoms with E-state index >= 15 is 0 Å². The van der Waals surface area contributed by atoms with Crippen molar-refractivity contribution >= 4 is 0 Å². The number of hydrogen-bond donors (Lipinski definition) is 2. The molecule has 1 rings (SSSR count). The summed E-state index contributed by atoms with van der Waals surface area (Å²) < 4.78 is 0. The van der Waals surface area contributed by atoms with Gasteiger partial charge in [0.1, 0.15) is 0 Å². The van der Waals surface area contributed by atoms with Crippen LogP contribution in [0.4, 0.5) is 0 Å². The quantitative estimate of drug-likeness (QED) is 0.711. The van der Waals surface area contributed by atoms with Crippen LogP contribution in [0.2, 0.25) is 0 Å². The maximum absolute atomic E-state index is 9.65. The van der Waals surface area contributed by atoms with Gasteiger partial charge in [-0.15, -0.1) is 0 Å². The summed E-state index contributed by atoms with van der Waals surface area (Å²) in [6, 6.07) is 0. The molecule has 114 valence electrons. The molecule has 3 atom stereocenters. The van der Waals surface area contributed by atoms with Crippen LogP contribution in [0.25, 0.3) is 0 Å². The van der Waals surface area contributed by atoms with E-state index in [1.807, 2.05) is 0 Å². The van der Waals surface area contributed by atoms with E-state index in [0.29, 0.717) is 0 Å². The molecule has 19 heavy (non-hydrogen) atoms. The van der Waals surface area contributed by atoms with Gasteiger partial charge in [-0.2, -0.15) is 0 Å². The number of nitrogens with one attached hydrogen (secondary N) is 1. The molecular weight excluding hydrogens is 236 g/mol. The van der Waals surface area contributed by atoms with Crippen molar-refractivity contribution in [2.24, 2.45) is 11.8 Å². The molecule has 1 aliphatic heterocycles. The molecule has 3 heteroatoms. The minimum Gasteiger partial charge on any atom is -0.394 e. The molecule has 1 fully saturated rings. The van der Waals surface area contributed by atoms with E-state index in [0.717, 1.165) is 31.2 Å². The van der Waals surface area contributed by atoms with Crippen LogP contribution in [0.15, 0.2) is 0 Å². The monoisotopic (exact) mass is 270 g/mol. The fraction of sp³-hybridized carbons (Fsp3) is 1.00. The molecular formula is C16H34N2O. The van der Waals surface area contributed by atoms with Gasteiger partial charge in [-0.25, -0.2) is 0 Å². The normalized spacial score (nSPS) is 28.3. The van der Waals surface area contributed by atoms with Gasteiger partial charge in [0.15, 0.2) is 0 Å². The van der Waals surface area contributed by atoms with Gasteiger partial charge in [-0.05, 0) is 57.2 Å². The summed E-state index contributed by atoms with van der Waals surface area (Å²) in [6.45, 7) is 13.9. The van der Waals surface area contributed by atoms with Gasteiger partial charge in [0.25, 0.3) is 0 Å². The molecule has 1 heterocycles. The molecule has 0 aromatic rings. The van der Waals surface area contributed by atoms with E-state index in [-0.39, 0.29) is 12.1 Å². The lowest BCUT2D eigenvalue weighted by atomic mass is 9.88. The summed E-state index contributed by atoms with van der Waals surface area (Å²) in [5.41, 5.74) is -0.0521. The first-order valence-electron chi connectivity index (χ1n) is 8.15. The zero-order valence-electron chi connectivity index (χ0n) is 13.4. The lowest BCUT2D eigenvalue weighted by Crippen LogP contribution is -2.48. The molecule has 0 spiro atoms. The minimum atomic E-state index is -0.0521. The van der Waals surface area contributed by atoms with Gasteiger partial charge in [0, 0.05) is 12.1 Å². The van der Waals surface area contributed by atoms with E-state index in [1.165, 1.54) is 32.5 Å². The second-order valence-corrected chi connectivity index (χ2v) is 6.47. The van der Waals surface area contributed by atoms with Crippen molar-refractivity contribution in [1.82, 2.24) is 10.2 Å². The fourth-order valence-corrected chi connectivity index (χ4v) is 3.21. The Balaban J connectivity index is 2.32. The van der Waals surface area contributed by atoms with Gasteiger partial charge < -0.3 is 15.3 Å². The number of likely N-dealkylation sites (tertiary alicyclic amines) is 1. The Labute approximate surface area is 119 Å².